The third-order valence-corrected chi connectivity index (χ3v) is 7.01. The van der Waals surface area contributed by atoms with Crippen molar-refractivity contribution in [1.82, 2.24) is 15.1 Å². The number of carbonyl (C=O) groups is 3. The molecule has 1 fully saturated rings. The van der Waals surface area contributed by atoms with Crippen molar-refractivity contribution >= 4 is 40.5 Å². The highest BCUT2D eigenvalue weighted by atomic mass is 32.1. The molecule has 2 aliphatic rings. The summed E-state index contributed by atoms with van der Waals surface area (Å²) in [6.45, 7) is 4.10. The molecule has 0 aliphatic carbocycles. The van der Waals surface area contributed by atoms with Crippen LogP contribution in [-0.4, -0.2) is 46.3 Å². The first kappa shape index (κ1) is 18.2. The van der Waals surface area contributed by atoms with Crippen molar-refractivity contribution in [3.8, 4) is 0 Å². The van der Waals surface area contributed by atoms with Crippen LogP contribution < -0.4 is 5.32 Å². The highest BCUT2D eigenvalue weighted by molar-refractivity contribution is 7.10. The highest BCUT2D eigenvalue weighted by Gasteiger charge is 2.44. The van der Waals surface area contributed by atoms with Gasteiger partial charge in [0.25, 0.3) is 5.91 Å². The van der Waals surface area contributed by atoms with Gasteiger partial charge in [-0.1, -0.05) is 6.07 Å². The molecular formula is C19H21N3O3S2. The predicted molar refractivity (Wildman–Crippen MR) is 105 cm³/mol. The van der Waals surface area contributed by atoms with Gasteiger partial charge in [0, 0.05) is 29.3 Å². The fraction of sp³-hybridized carbons (Fsp3) is 0.421. The largest absolute Gasteiger partial charge is 0.330 e. The highest BCUT2D eigenvalue weighted by Crippen LogP contribution is 2.39. The van der Waals surface area contributed by atoms with Gasteiger partial charge in [-0.3, -0.25) is 14.5 Å². The lowest BCUT2D eigenvalue weighted by Crippen LogP contribution is -2.43. The molecule has 0 radical (unpaired) electrons. The number of nitrogens with one attached hydrogen (secondary N) is 1. The third kappa shape index (κ3) is 3.17. The molecule has 6 nitrogen and oxygen atoms in total. The quantitative estimate of drug-likeness (QED) is 0.798. The Morgan fingerprint density at radius 3 is 2.74 bits per heavy atom. The molecule has 1 saturated heterocycles. The molecule has 27 heavy (non-hydrogen) atoms. The maximum atomic E-state index is 13.0. The zero-order valence-electron chi connectivity index (χ0n) is 15.2. The van der Waals surface area contributed by atoms with Gasteiger partial charge in [-0.2, -0.15) is 0 Å². The Balaban J connectivity index is 1.51. The van der Waals surface area contributed by atoms with Gasteiger partial charge < -0.3 is 10.2 Å². The van der Waals surface area contributed by atoms with E-state index in [4.69, 9.17) is 0 Å². The molecule has 0 bridgehead atoms. The molecule has 1 N–H and O–H groups in total. The number of carbonyl (C=O) groups excluding carboxylic acids is 3. The SMILES string of the molecule is CC1(C)NC(=O)N(CCC(=O)N2CCc3sccc3[C@@H]2c2cccs2)C1=O. The van der Waals surface area contributed by atoms with Gasteiger partial charge in [-0.05, 0) is 48.7 Å². The summed E-state index contributed by atoms with van der Waals surface area (Å²) in [6, 6.07) is 5.66. The Morgan fingerprint density at radius 1 is 1.26 bits per heavy atom. The van der Waals surface area contributed by atoms with Crippen LogP contribution in [0.3, 0.4) is 0 Å². The van der Waals surface area contributed by atoms with E-state index in [0.29, 0.717) is 6.54 Å². The van der Waals surface area contributed by atoms with Crippen LogP contribution in [0.2, 0.25) is 0 Å². The number of imide groups is 1. The van der Waals surface area contributed by atoms with E-state index in [1.54, 1.807) is 36.5 Å². The summed E-state index contributed by atoms with van der Waals surface area (Å²) in [7, 11) is 0. The van der Waals surface area contributed by atoms with E-state index in [1.165, 1.54) is 10.4 Å². The smallest absolute Gasteiger partial charge is 0.325 e. The van der Waals surface area contributed by atoms with E-state index in [-0.39, 0.29) is 30.8 Å². The second kappa shape index (κ2) is 6.76. The van der Waals surface area contributed by atoms with Crippen LogP contribution in [-0.2, 0) is 16.0 Å². The summed E-state index contributed by atoms with van der Waals surface area (Å²) in [4.78, 5) is 42.9. The molecule has 4 rings (SSSR count). The Bertz CT molecular complexity index is 888. The van der Waals surface area contributed by atoms with Gasteiger partial charge in [0.15, 0.2) is 0 Å². The van der Waals surface area contributed by atoms with Crippen molar-refractivity contribution in [2.75, 3.05) is 13.1 Å². The van der Waals surface area contributed by atoms with Crippen molar-refractivity contribution in [2.45, 2.75) is 38.3 Å². The number of urea groups is 1. The van der Waals surface area contributed by atoms with Gasteiger partial charge in [-0.25, -0.2) is 4.79 Å². The Kier molecular flexibility index (Phi) is 4.55. The van der Waals surface area contributed by atoms with Crippen LogP contribution >= 0.6 is 22.7 Å². The van der Waals surface area contributed by atoms with Crippen LogP contribution in [0.4, 0.5) is 4.79 Å². The lowest BCUT2D eigenvalue weighted by Gasteiger charge is -2.35. The van der Waals surface area contributed by atoms with Crippen molar-refractivity contribution in [1.29, 1.82) is 0 Å². The standard InChI is InChI=1S/C19H21N3O3S2/c1-19(2)17(24)22(18(25)20-19)9-6-15(23)21-8-5-13-12(7-11-27-13)16(21)14-4-3-10-26-14/h3-4,7,10-11,16H,5-6,8-9H2,1-2H3,(H,20,25)/t16-/m1/s1. The van der Waals surface area contributed by atoms with Crippen molar-refractivity contribution in [3.05, 3.63) is 44.3 Å². The second-order valence-electron chi connectivity index (χ2n) is 7.32. The molecule has 4 amide bonds. The minimum atomic E-state index is -0.906. The van der Waals surface area contributed by atoms with Crippen molar-refractivity contribution in [2.24, 2.45) is 0 Å². The number of hydrogen-bond acceptors (Lipinski definition) is 5. The summed E-state index contributed by atoms with van der Waals surface area (Å²) in [5.74, 6) is -0.315. The zero-order chi connectivity index (χ0) is 19.2. The zero-order valence-corrected chi connectivity index (χ0v) is 16.9. The summed E-state index contributed by atoms with van der Waals surface area (Å²) in [6.07, 6.45) is 0.980. The molecule has 2 aliphatic heterocycles. The Hall–Kier alpha value is -2.19. The molecule has 142 valence electrons. The number of amides is 4. The molecule has 0 aromatic carbocycles. The van der Waals surface area contributed by atoms with Gasteiger partial charge in [0.2, 0.25) is 5.91 Å². The minimum Gasteiger partial charge on any atom is -0.330 e. The summed E-state index contributed by atoms with van der Waals surface area (Å²) < 4.78 is 0. The third-order valence-electron chi connectivity index (χ3n) is 5.09. The second-order valence-corrected chi connectivity index (χ2v) is 9.30. The van der Waals surface area contributed by atoms with Crippen molar-refractivity contribution < 1.29 is 14.4 Å². The molecule has 1 atom stereocenters. The molecule has 2 aromatic heterocycles. The summed E-state index contributed by atoms with van der Waals surface area (Å²) in [5, 5.41) is 6.75. The molecule has 4 heterocycles. The molecule has 0 spiro atoms. The van der Waals surface area contributed by atoms with Gasteiger partial charge in [0.05, 0.1) is 6.04 Å². The maximum Gasteiger partial charge on any atom is 0.325 e. The average molecular weight is 404 g/mol. The fourth-order valence-corrected chi connectivity index (χ4v) is 5.47. The number of fused-ring (bicyclic) bond motifs is 1. The molecule has 0 saturated carbocycles. The van der Waals surface area contributed by atoms with Gasteiger partial charge in [-0.15, -0.1) is 22.7 Å². The lowest BCUT2D eigenvalue weighted by molar-refractivity contribution is -0.134. The molecular weight excluding hydrogens is 382 g/mol. The molecule has 0 unspecified atom stereocenters. The number of thiophene rings is 2. The van der Waals surface area contributed by atoms with E-state index in [9.17, 15) is 14.4 Å². The normalized spacial score (nSPS) is 21.3. The van der Waals surface area contributed by atoms with Crippen LogP contribution in [0.25, 0.3) is 0 Å². The number of rotatable bonds is 4. The first-order chi connectivity index (χ1) is 12.9. The first-order valence-corrected chi connectivity index (χ1v) is 10.7. The first-order valence-electron chi connectivity index (χ1n) is 8.92. The summed E-state index contributed by atoms with van der Waals surface area (Å²) >= 11 is 3.38. The monoisotopic (exact) mass is 403 g/mol. The Morgan fingerprint density at radius 2 is 2.07 bits per heavy atom. The predicted octanol–water partition coefficient (Wildman–Crippen LogP) is 3.00. The van der Waals surface area contributed by atoms with E-state index in [1.807, 2.05) is 16.3 Å². The van der Waals surface area contributed by atoms with E-state index >= 15 is 0 Å². The average Bonchev–Trinajstić information content (AvgIpc) is 3.34. The fourth-order valence-electron chi connectivity index (χ4n) is 3.71. The minimum absolute atomic E-state index is 0.0319. The number of hydrogen-bond donors (Lipinski definition) is 1. The molecule has 2 aromatic rings. The van der Waals surface area contributed by atoms with E-state index < -0.39 is 11.6 Å². The number of nitrogens with zero attached hydrogens (tertiary/aromatic N) is 2. The van der Waals surface area contributed by atoms with Crippen LogP contribution in [0.1, 0.15) is 41.6 Å². The molecule has 8 heteroatoms. The van der Waals surface area contributed by atoms with Crippen molar-refractivity contribution in [3.63, 3.8) is 0 Å². The maximum absolute atomic E-state index is 13.0. The van der Waals surface area contributed by atoms with Crippen LogP contribution in [0.5, 0.6) is 0 Å². The van der Waals surface area contributed by atoms with E-state index in [0.717, 1.165) is 16.2 Å². The lowest BCUT2D eigenvalue weighted by atomic mass is 9.98. The van der Waals surface area contributed by atoms with Crippen LogP contribution in [0, 0.1) is 0 Å². The van der Waals surface area contributed by atoms with Gasteiger partial charge >= 0.3 is 6.03 Å². The summed E-state index contributed by atoms with van der Waals surface area (Å²) in [5.41, 5.74) is 0.286. The van der Waals surface area contributed by atoms with E-state index in [2.05, 4.69) is 22.8 Å². The Labute approximate surface area is 165 Å². The topological polar surface area (TPSA) is 69.7 Å². The van der Waals surface area contributed by atoms with Gasteiger partial charge in [0.1, 0.15) is 5.54 Å². The van der Waals surface area contributed by atoms with Crippen LogP contribution in [0.15, 0.2) is 29.0 Å².